The van der Waals surface area contributed by atoms with Gasteiger partial charge >= 0.3 is 6.16 Å². The number of nitrogens with zero attached hydrogens (tertiary/aromatic N) is 1. The minimum atomic E-state index is -1.37. The van der Waals surface area contributed by atoms with Gasteiger partial charge < -0.3 is 14.4 Å². The molecule has 1 N–H and O–H groups in total. The molecule has 0 aliphatic heterocycles. The van der Waals surface area contributed by atoms with E-state index in [0.717, 1.165) is 27.8 Å². The molecular weight excluding hydrogens is 321 g/mol. The van der Waals surface area contributed by atoms with Crippen LogP contribution in [0.15, 0.2) is 54.7 Å². The van der Waals surface area contributed by atoms with Crippen molar-refractivity contribution in [2.45, 2.75) is 20.4 Å². The van der Waals surface area contributed by atoms with Crippen molar-refractivity contribution >= 4 is 6.16 Å². The van der Waals surface area contributed by atoms with Crippen LogP contribution in [0.2, 0.25) is 0 Å². The van der Waals surface area contributed by atoms with Crippen LogP contribution >= 0.6 is 0 Å². The van der Waals surface area contributed by atoms with Crippen molar-refractivity contribution in [1.29, 1.82) is 0 Å². The standard InChI is InChI=1S/C20H18FNO3/c1-13-3-7-16(8-4-13)18-14(2)11-22(19(18)25-20(23)24)12-15-5-9-17(21)10-6-15/h3-11H,12H2,1-2H3,(H,23,24). The number of aromatic nitrogens is 1. The maximum atomic E-state index is 13.1. The number of halogens is 1. The first-order valence-corrected chi connectivity index (χ1v) is 7.86. The quantitative estimate of drug-likeness (QED) is 0.679. The molecule has 3 rings (SSSR count). The van der Waals surface area contributed by atoms with Crippen LogP contribution in [0.1, 0.15) is 16.7 Å². The van der Waals surface area contributed by atoms with Crippen molar-refractivity contribution in [2.75, 3.05) is 0 Å². The Morgan fingerprint density at radius 3 is 2.32 bits per heavy atom. The first-order valence-electron chi connectivity index (χ1n) is 7.86. The molecule has 0 bridgehead atoms. The number of hydrogen-bond donors (Lipinski definition) is 1. The number of hydrogen-bond acceptors (Lipinski definition) is 2. The summed E-state index contributed by atoms with van der Waals surface area (Å²) >= 11 is 0. The smallest absolute Gasteiger partial charge is 0.449 e. The van der Waals surface area contributed by atoms with Crippen molar-refractivity contribution in [2.24, 2.45) is 0 Å². The molecule has 4 nitrogen and oxygen atoms in total. The maximum Gasteiger partial charge on any atom is 0.512 e. The minimum absolute atomic E-state index is 0.262. The molecule has 0 aliphatic rings. The zero-order valence-corrected chi connectivity index (χ0v) is 14.0. The summed E-state index contributed by atoms with van der Waals surface area (Å²) in [5.41, 5.74) is 4.50. The summed E-state index contributed by atoms with van der Waals surface area (Å²) < 4.78 is 19.9. The van der Waals surface area contributed by atoms with E-state index in [1.165, 1.54) is 12.1 Å². The fourth-order valence-electron chi connectivity index (χ4n) is 2.84. The number of carbonyl (C=O) groups is 1. The zero-order valence-electron chi connectivity index (χ0n) is 14.0. The Bertz CT molecular complexity index is 896. The fourth-order valence-corrected chi connectivity index (χ4v) is 2.84. The highest BCUT2D eigenvalue weighted by Crippen LogP contribution is 2.36. The summed E-state index contributed by atoms with van der Waals surface area (Å²) in [5, 5.41) is 9.13. The molecule has 1 aromatic heterocycles. The first kappa shape index (κ1) is 16.8. The van der Waals surface area contributed by atoms with E-state index in [1.807, 2.05) is 44.3 Å². The zero-order chi connectivity index (χ0) is 18.0. The lowest BCUT2D eigenvalue weighted by Gasteiger charge is -2.10. The molecular formula is C20H18FNO3. The van der Waals surface area contributed by atoms with E-state index >= 15 is 0 Å². The van der Waals surface area contributed by atoms with Gasteiger partial charge in [-0.2, -0.15) is 0 Å². The predicted octanol–water partition coefficient (Wildman–Crippen LogP) is 5.02. The number of carboxylic acid groups (broad SMARTS) is 1. The molecule has 2 aromatic carbocycles. The van der Waals surface area contributed by atoms with Gasteiger partial charge in [0, 0.05) is 11.8 Å². The third-order valence-electron chi connectivity index (χ3n) is 4.01. The summed E-state index contributed by atoms with van der Waals surface area (Å²) in [5.74, 6) is -0.0482. The monoisotopic (exact) mass is 339 g/mol. The van der Waals surface area contributed by atoms with E-state index in [9.17, 15) is 9.18 Å². The number of aryl methyl sites for hydroxylation is 2. The average molecular weight is 339 g/mol. The van der Waals surface area contributed by atoms with E-state index in [4.69, 9.17) is 9.84 Å². The van der Waals surface area contributed by atoms with Crippen molar-refractivity contribution in [3.63, 3.8) is 0 Å². The van der Waals surface area contributed by atoms with E-state index in [2.05, 4.69) is 0 Å². The summed E-state index contributed by atoms with van der Waals surface area (Å²) in [6, 6.07) is 13.9. The van der Waals surface area contributed by atoms with Gasteiger partial charge in [-0.1, -0.05) is 42.0 Å². The molecule has 0 unspecified atom stereocenters. The van der Waals surface area contributed by atoms with Gasteiger partial charge in [0.25, 0.3) is 0 Å². The summed E-state index contributed by atoms with van der Waals surface area (Å²) in [6.45, 7) is 4.28. The highest BCUT2D eigenvalue weighted by molar-refractivity contribution is 5.76. The molecule has 1 heterocycles. The molecule has 0 spiro atoms. The number of rotatable bonds is 4. The van der Waals surface area contributed by atoms with E-state index in [1.54, 1.807) is 16.7 Å². The third-order valence-corrected chi connectivity index (χ3v) is 4.01. The average Bonchev–Trinajstić information content (AvgIpc) is 2.85. The molecule has 0 aliphatic carbocycles. The molecule has 0 saturated heterocycles. The summed E-state index contributed by atoms with van der Waals surface area (Å²) in [7, 11) is 0. The molecule has 0 fully saturated rings. The van der Waals surface area contributed by atoms with Crippen LogP contribution in [0.5, 0.6) is 5.88 Å². The second-order valence-corrected chi connectivity index (χ2v) is 5.98. The fraction of sp³-hybridized carbons (Fsp3) is 0.150. The van der Waals surface area contributed by atoms with Gasteiger partial charge in [0.2, 0.25) is 5.88 Å². The van der Waals surface area contributed by atoms with E-state index in [-0.39, 0.29) is 11.7 Å². The highest BCUT2D eigenvalue weighted by atomic mass is 19.1. The second-order valence-electron chi connectivity index (χ2n) is 5.98. The Morgan fingerprint density at radius 2 is 1.72 bits per heavy atom. The molecule has 0 saturated carbocycles. The normalized spacial score (nSPS) is 10.7. The van der Waals surface area contributed by atoms with E-state index < -0.39 is 6.16 Å². The molecule has 3 aromatic rings. The van der Waals surface area contributed by atoms with Crippen LogP contribution in [-0.2, 0) is 6.54 Å². The first-order chi connectivity index (χ1) is 11.9. The minimum Gasteiger partial charge on any atom is -0.449 e. The Hall–Kier alpha value is -3.08. The van der Waals surface area contributed by atoms with Crippen LogP contribution in [0.3, 0.4) is 0 Å². The summed E-state index contributed by atoms with van der Waals surface area (Å²) in [4.78, 5) is 11.2. The van der Waals surface area contributed by atoms with Crippen LogP contribution in [0.25, 0.3) is 11.1 Å². The number of ether oxygens (including phenoxy) is 1. The number of benzene rings is 2. The molecule has 0 radical (unpaired) electrons. The van der Waals surface area contributed by atoms with Crippen molar-refractivity contribution in [1.82, 2.24) is 4.57 Å². The topological polar surface area (TPSA) is 51.5 Å². The highest BCUT2D eigenvalue weighted by Gasteiger charge is 2.19. The maximum absolute atomic E-state index is 13.1. The van der Waals surface area contributed by atoms with Crippen LogP contribution < -0.4 is 4.74 Å². The van der Waals surface area contributed by atoms with E-state index in [0.29, 0.717) is 6.54 Å². The van der Waals surface area contributed by atoms with Gasteiger partial charge in [0.05, 0.1) is 6.54 Å². The van der Waals surface area contributed by atoms with Gasteiger partial charge in [-0.05, 0) is 42.7 Å². The molecule has 128 valence electrons. The van der Waals surface area contributed by atoms with Crippen LogP contribution in [0.4, 0.5) is 9.18 Å². The Morgan fingerprint density at radius 1 is 1.08 bits per heavy atom. The van der Waals surface area contributed by atoms with Crippen LogP contribution in [0, 0.1) is 19.7 Å². The molecule has 0 amide bonds. The molecule has 0 atom stereocenters. The van der Waals surface area contributed by atoms with Crippen molar-refractivity contribution < 1.29 is 19.0 Å². The predicted molar refractivity (Wildman–Crippen MR) is 93.5 cm³/mol. The molecule has 25 heavy (non-hydrogen) atoms. The Kier molecular flexibility index (Phi) is 4.57. The largest absolute Gasteiger partial charge is 0.512 e. The Balaban J connectivity index is 2.06. The van der Waals surface area contributed by atoms with Gasteiger partial charge in [-0.3, -0.25) is 0 Å². The van der Waals surface area contributed by atoms with Gasteiger partial charge in [0.1, 0.15) is 5.82 Å². The lowest BCUT2D eigenvalue weighted by Crippen LogP contribution is -2.09. The van der Waals surface area contributed by atoms with Crippen molar-refractivity contribution in [3.8, 4) is 17.0 Å². The van der Waals surface area contributed by atoms with Gasteiger partial charge in [-0.25, -0.2) is 9.18 Å². The Labute approximate surface area is 145 Å². The SMILES string of the molecule is Cc1ccc(-c2c(C)cn(Cc3ccc(F)cc3)c2OC(=O)O)cc1. The lowest BCUT2D eigenvalue weighted by atomic mass is 10.0. The summed E-state index contributed by atoms with van der Waals surface area (Å²) in [6.07, 6.45) is 0.475. The molecule has 5 heteroatoms. The van der Waals surface area contributed by atoms with Gasteiger partial charge in [0.15, 0.2) is 0 Å². The second kappa shape index (κ2) is 6.81. The van der Waals surface area contributed by atoms with Crippen molar-refractivity contribution in [3.05, 3.63) is 77.2 Å². The van der Waals surface area contributed by atoms with Gasteiger partial charge in [-0.15, -0.1) is 0 Å². The lowest BCUT2D eigenvalue weighted by molar-refractivity contribution is 0.141. The van der Waals surface area contributed by atoms with Crippen LogP contribution in [-0.4, -0.2) is 15.8 Å². The third kappa shape index (κ3) is 3.71.